The van der Waals surface area contributed by atoms with Crippen LogP contribution >= 0.6 is 11.3 Å². The third-order valence-corrected chi connectivity index (χ3v) is 4.90. The molecular weight excluding hydrogens is 228 g/mol. The van der Waals surface area contributed by atoms with Crippen LogP contribution in [-0.4, -0.2) is 30.0 Å². The molecule has 1 aromatic heterocycles. The van der Waals surface area contributed by atoms with Crippen molar-refractivity contribution in [2.75, 3.05) is 20.1 Å². The summed E-state index contributed by atoms with van der Waals surface area (Å²) in [6, 6.07) is 8.47. The van der Waals surface area contributed by atoms with E-state index >= 15 is 0 Å². The fourth-order valence-corrected chi connectivity index (χ4v) is 4.01. The van der Waals surface area contributed by atoms with Crippen LogP contribution in [-0.2, 0) is 0 Å². The third-order valence-electron chi connectivity index (χ3n) is 3.74. The van der Waals surface area contributed by atoms with Crippen molar-refractivity contribution in [1.29, 1.82) is 0 Å². The first-order chi connectivity index (χ1) is 8.24. The highest BCUT2D eigenvalue weighted by molar-refractivity contribution is 7.18. The number of fused-ring (bicyclic) bond motifs is 1. The Morgan fingerprint density at radius 2 is 2.18 bits per heavy atom. The zero-order valence-electron chi connectivity index (χ0n) is 10.4. The number of rotatable bonds is 1. The van der Waals surface area contributed by atoms with E-state index < -0.39 is 0 Å². The van der Waals surface area contributed by atoms with Crippen molar-refractivity contribution < 1.29 is 0 Å². The van der Waals surface area contributed by atoms with E-state index in [1.54, 1.807) is 0 Å². The molecule has 0 spiro atoms. The van der Waals surface area contributed by atoms with E-state index in [9.17, 15) is 0 Å². The fourth-order valence-electron chi connectivity index (χ4n) is 2.77. The molecule has 90 valence electrons. The SMILES string of the molecule is CC1CN(C)CC[C@@H]1c1nc2ccccc2s1. The number of piperidine rings is 1. The van der Waals surface area contributed by atoms with Crippen LogP contribution in [0, 0.1) is 5.92 Å². The normalized spacial score (nSPS) is 26.5. The molecule has 2 nitrogen and oxygen atoms in total. The van der Waals surface area contributed by atoms with Crippen molar-refractivity contribution in [3.63, 3.8) is 0 Å². The van der Waals surface area contributed by atoms with Crippen LogP contribution < -0.4 is 0 Å². The monoisotopic (exact) mass is 246 g/mol. The minimum absolute atomic E-state index is 0.656. The van der Waals surface area contributed by atoms with Gasteiger partial charge in [-0.25, -0.2) is 4.98 Å². The van der Waals surface area contributed by atoms with Crippen molar-refractivity contribution in [3.8, 4) is 0 Å². The molecule has 0 bridgehead atoms. The van der Waals surface area contributed by atoms with E-state index in [2.05, 4.69) is 43.1 Å². The molecule has 0 amide bonds. The highest BCUT2D eigenvalue weighted by Crippen LogP contribution is 2.36. The summed E-state index contributed by atoms with van der Waals surface area (Å²) in [6.07, 6.45) is 1.25. The van der Waals surface area contributed by atoms with Crippen LogP contribution in [0.3, 0.4) is 0 Å². The Labute approximate surface area is 106 Å². The average Bonchev–Trinajstić information content (AvgIpc) is 2.72. The van der Waals surface area contributed by atoms with Crippen LogP contribution in [0.2, 0.25) is 0 Å². The summed E-state index contributed by atoms with van der Waals surface area (Å²) in [6.45, 7) is 4.75. The summed E-state index contributed by atoms with van der Waals surface area (Å²) >= 11 is 1.88. The Morgan fingerprint density at radius 3 is 2.94 bits per heavy atom. The van der Waals surface area contributed by atoms with E-state index in [0.29, 0.717) is 11.8 Å². The van der Waals surface area contributed by atoms with Gasteiger partial charge >= 0.3 is 0 Å². The number of para-hydroxylation sites is 1. The molecule has 1 saturated heterocycles. The Kier molecular flexibility index (Phi) is 2.89. The maximum atomic E-state index is 4.81. The fraction of sp³-hybridized carbons (Fsp3) is 0.500. The standard InChI is InChI=1S/C14H18N2S/c1-10-9-16(2)8-7-11(10)14-15-12-5-3-4-6-13(12)17-14/h3-6,10-11H,7-9H2,1-2H3/t10?,11-/m0/s1. The number of likely N-dealkylation sites (tertiary alicyclic amines) is 1. The molecule has 1 aliphatic heterocycles. The molecule has 2 atom stereocenters. The molecule has 17 heavy (non-hydrogen) atoms. The van der Waals surface area contributed by atoms with Gasteiger partial charge < -0.3 is 4.90 Å². The molecule has 0 N–H and O–H groups in total. The molecule has 1 fully saturated rings. The predicted octanol–water partition coefficient (Wildman–Crippen LogP) is 3.35. The van der Waals surface area contributed by atoms with Gasteiger partial charge in [-0.1, -0.05) is 19.1 Å². The summed E-state index contributed by atoms with van der Waals surface area (Å²) in [4.78, 5) is 7.24. The van der Waals surface area contributed by atoms with Gasteiger partial charge in [0.15, 0.2) is 0 Å². The summed E-state index contributed by atoms with van der Waals surface area (Å²) in [5, 5.41) is 1.34. The van der Waals surface area contributed by atoms with Gasteiger partial charge in [-0.15, -0.1) is 11.3 Å². The zero-order valence-corrected chi connectivity index (χ0v) is 11.2. The number of aromatic nitrogens is 1. The number of hydrogen-bond acceptors (Lipinski definition) is 3. The van der Waals surface area contributed by atoms with Gasteiger partial charge in [0.05, 0.1) is 15.2 Å². The largest absolute Gasteiger partial charge is 0.306 e. The second-order valence-electron chi connectivity index (χ2n) is 5.15. The van der Waals surface area contributed by atoms with Gasteiger partial charge in [-0.2, -0.15) is 0 Å². The van der Waals surface area contributed by atoms with Crippen LogP contribution in [0.15, 0.2) is 24.3 Å². The lowest BCUT2D eigenvalue weighted by Gasteiger charge is -2.33. The minimum atomic E-state index is 0.656. The van der Waals surface area contributed by atoms with Crippen LogP contribution in [0.4, 0.5) is 0 Å². The Morgan fingerprint density at radius 1 is 1.35 bits per heavy atom. The molecular formula is C14H18N2S. The van der Waals surface area contributed by atoms with Crippen LogP contribution in [0.1, 0.15) is 24.3 Å². The first-order valence-corrected chi connectivity index (χ1v) is 7.09. The molecule has 1 unspecified atom stereocenters. The molecule has 1 aromatic carbocycles. The van der Waals surface area contributed by atoms with Gasteiger partial charge in [0.2, 0.25) is 0 Å². The lowest BCUT2D eigenvalue weighted by molar-refractivity contribution is 0.195. The maximum absolute atomic E-state index is 4.81. The molecule has 2 heterocycles. The smallest absolute Gasteiger partial charge is 0.0973 e. The topological polar surface area (TPSA) is 16.1 Å². The Hall–Kier alpha value is -0.930. The maximum Gasteiger partial charge on any atom is 0.0973 e. The lowest BCUT2D eigenvalue weighted by Crippen LogP contribution is -2.35. The lowest BCUT2D eigenvalue weighted by atomic mass is 9.88. The predicted molar refractivity (Wildman–Crippen MR) is 73.6 cm³/mol. The van der Waals surface area contributed by atoms with E-state index in [-0.39, 0.29) is 0 Å². The molecule has 0 radical (unpaired) electrons. The summed E-state index contributed by atoms with van der Waals surface area (Å²) in [5.74, 6) is 1.37. The minimum Gasteiger partial charge on any atom is -0.306 e. The number of benzene rings is 1. The van der Waals surface area contributed by atoms with Crippen molar-refractivity contribution >= 4 is 21.6 Å². The van der Waals surface area contributed by atoms with Gasteiger partial charge in [0.1, 0.15) is 0 Å². The zero-order chi connectivity index (χ0) is 11.8. The number of nitrogens with zero attached hydrogens (tertiary/aromatic N) is 2. The summed E-state index contributed by atoms with van der Waals surface area (Å²) < 4.78 is 1.33. The molecule has 3 heteroatoms. The van der Waals surface area contributed by atoms with Gasteiger partial charge in [-0.05, 0) is 38.1 Å². The van der Waals surface area contributed by atoms with Gasteiger partial charge in [0, 0.05) is 12.5 Å². The van der Waals surface area contributed by atoms with E-state index in [1.165, 1.54) is 34.7 Å². The Balaban J connectivity index is 1.93. The second-order valence-corrected chi connectivity index (χ2v) is 6.22. The average molecular weight is 246 g/mol. The number of thiazole rings is 1. The molecule has 0 aliphatic carbocycles. The van der Waals surface area contributed by atoms with Crippen molar-refractivity contribution in [2.45, 2.75) is 19.3 Å². The molecule has 2 aromatic rings. The van der Waals surface area contributed by atoms with Crippen LogP contribution in [0.5, 0.6) is 0 Å². The molecule has 1 aliphatic rings. The van der Waals surface area contributed by atoms with Gasteiger partial charge in [-0.3, -0.25) is 0 Å². The van der Waals surface area contributed by atoms with Gasteiger partial charge in [0.25, 0.3) is 0 Å². The first-order valence-electron chi connectivity index (χ1n) is 6.28. The quantitative estimate of drug-likeness (QED) is 0.767. The van der Waals surface area contributed by atoms with Crippen molar-refractivity contribution in [1.82, 2.24) is 9.88 Å². The third kappa shape index (κ3) is 2.09. The Bertz CT molecular complexity index is 487. The highest BCUT2D eigenvalue weighted by Gasteiger charge is 2.27. The second kappa shape index (κ2) is 4.39. The summed E-state index contributed by atoms with van der Waals surface area (Å²) in [7, 11) is 2.21. The van der Waals surface area contributed by atoms with E-state index in [1.807, 2.05) is 11.3 Å². The van der Waals surface area contributed by atoms with Crippen molar-refractivity contribution in [3.05, 3.63) is 29.3 Å². The van der Waals surface area contributed by atoms with Crippen molar-refractivity contribution in [2.24, 2.45) is 5.92 Å². The van der Waals surface area contributed by atoms with E-state index in [4.69, 9.17) is 4.98 Å². The molecule has 0 saturated carbocycles. The molecule has 3 rings (SSSR count). The summed E-state index contributed by atoms with van der Waals surface area (Å²) in [5.41, 5.74) is 1.17. The first kappa shape index (κ1) is 11.2. The highest BCUT2D eigenvalue weighted by atomic mass is 32.1. The van der Waals surface area contributed by atoms with E-state index in [0.717, 1.165) is 0 Å². The number of hydrogen-bond donors (Lipinski definition) is 0. The van der Waals surface area contributed by atoms with Crippen LogP contribution in [0.25, 0.3) is 10.2 Å².